The molecule has 1 aromatic carbocycles. The summed E-state index contributed by atoms with van der Waals surface area (Å²) in [6.45, 7) is -2.97. The van der Waals surface area contributed by atoms with E-state index < -0.39 is 12.4 Å². The summed E-state index contributed by atoms with van der Waals surface area (Å²) in [5.74, 6) is -0.880. The lowest BCUT2D eigenvalue weighted by Gasteiger charge is -1.99. The first-order valence-electron chi connectivity index (χ1n) is 4.52. The van der Waals surface area contributed by atoms with Crippen LogP contribution in [0.4, 0.5) is 13.2 Å². The molecule has 0 aliphatic carbocycles. The summed E-state index contributed by atoms with van der Waals surface area (Å²) >= 11 is 5.59. The first-order chi connectivity index (χ1) is 8.06. The average Bonchev–Trinajstić information content (AvgIpc) is 2.65. The molecule has 1 N–H and O–H groups in total. The fraction of sp³-hybridized carbons (Fsp3) is 0.100. The Morgan fingerprint density at radius 2 is 2.06 bits per heavy atom. The Kier molecular flexibility index (Phi) is 3.23. The third-order valence-electron chi connectivity index (χ3n) is 1.99. The van der Waals surface area contributed by atoms with E-state index in [9.17, 15) is 13.2 Å². The molecule has 17 heavy (non-hydrogen) atoms. The van der Waals surface area contributed by atoms with Crippen molar-refractivity contribution in [2.45, 2.75) is 6.61 Å². The maximum Gasteiger partial charge on any atom is 0.388 e. The molecule has 0 spiro atoms. The summed E-state index contributed by atoms with van der Waals surface area (Å²) in [4.78, 5) is 0. The van der Waals surface area contributed by atoms with Gasteiger partial charge in [-0.05, 0) is 18.2 Å². The van der Waals surface area contributed by atoms with E-state index in [0.717, 1.165) is 6.07 Å². The van der Waals surface area contributed by atoms with Crippen LogP contribution in [0.3, 0.4) is 0 Å². The number of H-pyrrole nitrogens is 1. The Hall–Kier alpha value is -1.69. The lowest BCUT2D eigenvalue weighted by molar-refractivity contribution is -0.0528. The Morgan fingerprint density at radius 1 is 1.29 bits per heavy atom. The zero-order chi connectivity index (χ0) is 12.4. The highest BCUT2D eigenvalue weighted by molar-refractivity contribution is 6.30. The number of benzene rings is 1. The molecule has 1 heterocycles. The SMILES string of the molecule is Fc1cc(Cl)ccc1-c1cc(OC(F)F)n[nH]1. The van der Waals surface area contributed by atoms with E-state index in [1.807, 2.05) is 0 Å². The molecular formula is C10H6ClF3N2O. The number of ether oxygens (including phenoxy) is 1. The maximum absolute atomic E-state index is 13.5. The number of hydrogen-bond donors (Lipinski definition) is 1. The van der Waals surface area contributed by atoms with Crippen molar-refractivity contribution >= 4 is 11.6 Å². The Balaban J connectivity index is 2.30. The molecule has 0 amide bonds. The van der Waals surface area contributed by atoms with E-state index in [1.165, 1.54) is 18.2 Å². The maximum atomic E-state index is 13.5. The number of rotatable bonds is 3. The van der Waals surface area contributed by atoms with E-state index in [-0.39, 0.29) is 22.2 Å². The van der Waals surface area contributed by atoms with Crippen LogP contribution in [-0.4, -0.2) is 16.8 Å². The molecule has 0 saturated heterocycles. The number of nitrogens with one attached hydrogen (secondary N) is 1. The van der Waals surface area contributed by atoms with Gasteiger partial charge in [0.25, 0.3) is 0 Å². The summed E-state index contributed by atoms with van der Waals surface area (Å²) in [6.07, 6.45) is 0. The van der Waals surface area contributed by atoms with Crippen LogP contribution in [0, 0.1) is 5.82 Å². The highest BCUT2D eigenvalue weighted by atomic mass is 35.5. The Bertz CT molecular complexity index is 530. The minimum absolute atomic E-state index is 0.172. The molecule has 2 aromatic rings. The third kappa shape index (κ3) is 2.71. The minimum Gasteiger partial charge on any atom is -0.415 e. The molecule has 3 nitrogen and oxygen atoms in total. The molecule has 7 heteroatoms. The van der Waals surface area contributed by atoms with Crippen molar-refractivity contribution < 1.29 is 17.9 Å². The molecule has 2 rings (SSSR count). The number of alkyl halides is 2. The van der Waals surface area contributed by atoms with Gasteiger partial charge in [0, 0.05) is 16.7 Å². The van der Waals surface area contributed by atoms with E-state index in [1.54, 1.807) is 0 Å². The molecule has 1 aromatic heterocycles. The Morgan fingerprint density at radius 3 is 2.71 bits per heavy atom. The normalized spacial score (nSPS) is 10.9. The number of aromatic amines is 1. The zero-order valence-electron chi connectivity index (χ0n) is 8.25. The van der Waals surface area contributed by atoms with E-state index in [4.69, 9.17) is 11.6 Å². The molecule has 0 saturated carbocycles. The average molecular weight is 263 g/mol. The largest absolute Gasteiger partial charge is 0.415 e. The molecule has 0 aliphatic heterocycles. The van der Waals surface area contributed by atoms with Crippen LogP contribution in [0.5, 0.6) is 5.88 Å². The van der Waals surface area contributed by atoms with Crippen molar-refractivity contribution in [3.8, 4) is 17.1 Å². The molecule has 0 bridgehead atoms. The van der Waals surface area contributed by atoms with E-state index in [0.29, 0.717) is 0 Å². The van der Waals surface area contributed by atoms with Crippen molar-refractivity contribution in [1.29, 1.82) is 0 Å². The quantitative estimate of drug-likeness (QED) is 0.920. The highest BCUT2D eigenvalue weighted by Gasteiger charge is 2.12. The smallest absolute Gasteiger partial charge is 0.388 e. The first kappa shape index (κ1) is 11.8. The monoisotopic (exact) mass is 262 g/mol. The molecular weight excluding hydrogens is 257 g/mol. The van der Waals surface area contributed by atoms with Gasteiger partial charge in [0.05, 0.1) is 5.69 Å². The van der Waals surface area contributed by atoms with Crippen molar-refractivity contribution in [2.24, 2.45) is 0 Å². The summed E-state index contributed by atoms with van der Waals surface area (Å²) < 4.78 is 41.3. The second-order valence-corrected chi connectivity index (χ2v) is 3.56. The van der Waals surface area contributed by atoms with Crippen molar-refractivity contribution in [3.63, 3.8) is 0 Å². The topological polar surface area (TPSA) is 37.9 Å². The van der Waals surface area contributed by atoms with Crippen molar-refractivity contribution in [1.82, 2.24) is 10.2 Å². The predicted octanol–water partition coefficient (Wildman–Crippen LogP) is 3.47. The minimum atomic E-state index is -2.97. The van der Waals surface area contributed by atoms with Gasteiger partial charge < -0.3 is 4.74 Å². The van der Waals surface area contributed by atoms with E-state index in [2.05, 4.69) is 14.9 Å². The van der Waals surface area contributed by atoms with Gasteiger partial charge in [-0.1, -0.05) is 11.6 Å². The Labute approximate surface area is 99.2 Å². The van der Waals surface area contributed by atoms with Gasteiger partial charge in [0.2, 0.25) is 5.88 Å². The fourth-order valence-electron chi connectivity index (χ4n) is 1.30. The van der Waals surface area contributed by atoms with Gasteiger partial charge in [-0.3, -0.25) is 5.10 Å². The zero-order valence-corrected chi connectivity index (χ0v) is 9.01. The van der Waals surface area contributed by atoms with E-state index >= 15 is 0 Å². The second kappa shape index (κ2) is 4.67. The number of halogens is 4. The third-order valence-corrected chi connectivity index (χ3v) is 2.22. The van der Waals surface area contributed by atoms with Crippen molar-refractivity contribution in [2.75, 3.05) is 0 Å². The fourth-order valence-corrected chi connectivity index (χ4v) is 1.46. The molecule has 0 atom stereocenters. The van der Waals surface area contributed by atoms with Crippen LogP contribution >= 0.6 is 11.6 Å². The second-order valence-electron chi connectivity index (χ2n) is 3.12. The molecule has 0 fully saturated rings. The summed E-state index contributed by atoms with van der Waals surface area (Å²) in [7, 11) is 0. The van der Waals surface area contributed by atoms with Crippen LogP contribution in [0.25, 0.3) is 11.3 Å². The summed E-state index contributed by atoms with van der Waals surface area (Å²) in [5, 5.41) is 6.11. The van der Waals surface area contributed by atoms with Crippen LogP contribution in [-0.2, 0) is 0 Å². The van der Waals surface area contributed by atoms with Crippen LogP contribution in [0.1, 0.15) is 0 Å². The van der Waals surface area contributed by atoms with Gasteiger partial charge in [-0.2, -0.15) is 8.78 Å². The van der Waals surface area contributed by atoms with Crippen LogP contribution in [0.2, 0.25) is 5.02 Å². The van der Waals surface area contributed by atoms with Crippen molar-refractivity contribution in [3.05, 3.63) is 35.1 Å². The molecule has 0 unspecified atom stereocenters. The molecule has 0 radical (unpaired) electrons. The predicted molar refractivity (Wildman–Crippen MR) is 55.6 cm³/mol. The highest BCUT2D eigenvalue weighted by Crippen LogP contribution is 2.26. The lowest BCUT2D eigenvalue weighted by atomic mass is 10.1. The number of aromatic nitrogens is 2. The van der Waals surface area contributed by atoms with Gasteiger partial charge in [0.15, 0.2) is 0 Å². The standard InChI is InChI=1S/C10H6ClF3N2O/c11-5-1-2-6(7(12)3-5)8-4-9(16-15-8)17-10(13)14/h1-4,10H,(H,15,16). The number of hydrogen-bond acceptors (Lipinski definition) is 2. The van der Waals surface area contributed by atoms with Gasteiger partial charge in [-0.15, -0.1) is 5.10 Å². The van der Waals surface area contributed by atoms with Gasteiger partial charge in [-0.25, -0.2) is 4.39 Å². The van der Waals surface area contributed by atoms with Crippen LogP contribution < -0.4 is 4.74 Å². The lowest BCUT2D eigenvalue weighted by Crippen LogP contribution is -2.01. The molecule has 0 aliphatic rings. The van der Waals surface area contributed by atoms with Gasteiger partial charge >= 0.3 is 6.61 Å². The summed E-state index contributed by atoms with van der Waals surface area (Å²) in [6, 6.07) is 5.19. The number of nitrogens with zero attached hydrogens (tertiary/aromatic N) is 1. The van der Waals surface area contributed by atoms with Gasteiger partial charge in [0.1, 0.15) is 5.82 Å². The molecule has 90 valence electrons. The summed E-state index contributed by atoms with van der Waals surface area (Å²) in [5.41, 5.74) is 0.404. The first-order valence-corrected chi connectivity index (χ1v) is 4.89. The van der Waals surface area contributed by atoms with Crippen LogP contribution in [0.15, 0.2) is 24.3 Å².